The summed E-state index contributed by atoms with van der Waals surface area (Å²) in [5.74, 6) is -2.01. The topological polar surface area (TPSA) is 87.0 Å². The van der Waals surface area contributed by atoms with Gasteiger partial charge in [0.25, 0.3) is 0 Å². The van der Waals surface area contributed by atoms with Gasteiger partial charge in [-0.05, 0) is 6.42 Å². The summed E-state index contributed by atoms with van der Waals surface area (Å²) in [6.45, 7) is 2.27. The number of hydrogen-bond acceptors (Lipinski definition) is 5. The third-order valence-electron chi connectivity index (χ3n) is 5.76. The zero-order valence-electron chi connectivity index (χ0n) is 19.5. The maximum atomic E-state index is 11.8. The van der Waals surface area contributed by atoms with Crippen molar-refractivity contribution < 1.29 is 24.9 Å². The molecule has 0 aliphatic heterocycles. The Morgan fingerprint density at radius 2 is 1.00 bits per heavy atom. The molecule has 0 heterocycles. The molecule has 0 aliphatic rings. The smallest absolute Gasteiger partial charge is 0.311 e. The Balaban J connectivity index is 1.87. The molecule has 1 rings (SSSR count). The Bertz CT molecular complexity index is 576. The zero-order chi connectivity index (χ0) is 22.7. The Hall–Kier alpha value is -1.91. The maximum Gasteiger partial charge on any atom is 0.311 e. The van der Waals surface area contributed by atoms with E-state index in [1.54, 1.807) is 0 Å². The monoisotopic (exact) mass is 436 g/mol. The average molecular weight is 437 g/mol. The van der Waals surface area contributed by atoms with Crippen molar-refractivity contribution in [1.29, 1.82) is 0 Å². The van der Waals surface area contributed by atoms with Crippen LogP contribution in [0.15, 0.2) is 12.1 Å². The molecule has 1 aromatic rings. The summed E-state index contributed by atoms with van der Waals surface area (Å²) in [5, 5.41) is 28.1. The highest BCUT2D eigenvalue weighted by molar-refractivity contribution is 5.73. The minimum atomic E-state index is -0.618. The maximum absolute atomic E-state index is 11.8. The van der Waals surface area contributed by atoms with Gasteiger partial charge in [-0.25, -0.2) is 0 Å². The second-order valence-corrected chi connectivity index (χ2v) is 8.69. The number of rotatable bonds is 19. The standard InChI is InChI=1S/C26H44O5/c1-2-3-4-5-6-7-8-9-10-11-12-13-14-15-16-17-18-19-25(29)31-22-20-23(27)26(30)24(28)21-22/h20-21,27-28,30H,2-19H2,1H3. The van der Waals surface area contributed by atoms with Gasteiger partial charge in [0.2, 0.25) is 5.75 Å². The van der Waals surface area contributed by atoms with Crippen LogP contribution < -0.4 is 4.74 Å². The first kappa shape index (κ1) is 27.1. The molecule has 0 aliphatic carbocycles. The van der Waals surface area contributed by atoms with Gasteiger partial charge >= 0.3 is 5.97 Å². The van der Waals surface area contributed by atoms with E-state index in [9.17, 15) is 20.1 Å². The average Bonchev–Trinajstić information content (AvgIpc) is 2.74. The van der Waals surface area contributed by atoms with Gasteiger partial charge in [-0.3, -0.25) is 4.79 Å². The molecule has 0 saturated carbocycles. The van der Waals surface area contributed by atoms with Crippen molar-refractivity contribution in [3.05, 3.63) is 12.1 Å². The zero-order valence-corrected chi connectivity index (χ0v) is 19.5. The molecule has 0 unspecified atom stereocenters. The molecule has 5 heteroatoms. The summed E-state index contributed by atoms with van der Waals surface area (Å²) >= 11 is 0. The molecule has 0 fully saturated rings. The number of ether oxygens (including phenoxy) is 1. The molecule has 0 amide bonds. The number of phenolic OH excluding ortho intramolecular Hbond substituents is 3. The summed E-state index contributed by atoms with van der Waals surface area (Å²) in [6.07, 6.45) is 22.3. The van der Waals surface area contributed by atoms with Crippen LogP contribution >= 0.6 is 0 Å². The number of hydrogen-bond donors (Lipinski definition) is 3. The molecular weight excluding hydrogens is 392 g/mol. The quantitative estimate of drug-likeness (QED) is 0.0893. The molecule has 5 nitrogen and oxygen atoms in total. The van der Waals surface area contributed by atoms with Crippen molar-refractivity contribution in [1.82, 2.24) is 0 Å². The Kier molecular flexibility index (Phi) is 15.5. The molecule has 31 heavy (non-hydrogen) atoms. The van der Waals surface area contributed by atoms with E-state index >= 15 is 0 Å². The molecule has 178 valence electrons. The van der Waals surface area contributed by atoms with Crippen LogP contribution in [0.25, 0.3) is 0 Å². The highest BCUT2D eigenvalue weighted by Gasteiger charge is 2.11. The second kappa shape index (κ2) is 17.7. The fraction of sp³-hybridized carbons (Fsp3) is 0.731. The summed E-state index contributed by atoms with van der Waals surface area (Å²) < 4.78 is 5.09. The van der Waals surface area contributed by atoms with E-state index in [1.165, 1.54) is 89.9 Å². The molecule has 3 N–H and O–H groups in total. The van der Waals surface area contributed by atoms with E-state index in [-0.39, 0.29) is 5.75 Å². The minimum Gasteiger partial charge on any atom is -0.504 e. The van der Waals surface area contributed by atoms with Crippen LogP contribution in [0.4, 0.5) is 0 Å². The molecule has 0 spiro atoms. The summed E-state index contributed by atoms with van der Waals surface area (Å²) in [7, 11) is 0. The number of aromatic hydroxyl groups is 3. The van der Waals surface area contributed by atoms with Gasteiger partial charge in [0, 0.05) is 18.6 Å². The first-order valence-corrected chi connectivity index (χ1v) is 12.5. The molecule has 1 aromatic carbocycles. The summed E-state index contributed by atoms with van der Waals surface area (Å²) in [5.41, 5.74) is 0. The van der Waals surface area contributed by atoms with E-state index < -0.39 is 23.2 Å². The molecule has 0 atom stereocenters. The normalized spacial score (nSPS) is 11.0. The Labute approximate surface area is 188 Å². The van der Waals surface area contributed by atoms with Gasteiger partial charge in [0.1, 0.15) is 5.75 Å². The lowest BCUT2D eigenvalue weighted by atomic mass is 10.0. The lowest BCUT2D eigenvalue weighted by molar-refractivity contribution is -0.134. The highest BCUT2D eigenvalue weighted by Crippen LogP contribution is 2.38. The summed E-state index contributed by atoms with van der Waals surface area (Å²) in [6, 6.07) is 2.23. The van der Waals surface area contributed by atoms with E-state index in [0.29, 0.717) is 6.42 Å². The van der Waals surface area contributed by atoms with Crippen LogP contribution in [0.3, 0.4) is 0 Å². The van der Waals surface area contributed by atoms with Crippen molar-refractivity contribution in [3.63, 3.8) is 0 Å². The summed E-state index contributed by atoms with van der Waals surface area (Å²) in [4.78, 5) is 11.8. The number of carbonyl (C=O) groups is 1. The van der Waals surface area contributed by atoms with Crippen molar-refractivity contribution in [2.24, 2.45) is 0 Å². The van der Waals surface area contributed by atoms with Gasteiger partial charge in [-0.1, -0.05) is 110 Å². The van der Waals surface area contributed by atoms with Crippen LogP contribution in [0.1, 0.15) is 122 Å². The van der Waals surface area contributed by atoms with Crippen molar-refractivity contribution in [2.45, 2.75) is 122 Å². The predicted molar refractivity (Wildman–Crippen MR) is 126 cm³/mol. The number of phenols is 3. The molecule has 0 radical (unpaired) electrons. The van der Waals surface area contributed by atoms with Crippen molar-refractivity contribution in [3.8, 4) is 23.0 Å². The van der Waals surface area contributed by atoms with Gasteiger partial charge in [0.05, 0.1) is 0 Å². The van der Waals surface area contributed by atoms with Gasteiger partial charge in [-0.2, -0.15) is 0 Å². The van der Waals surface area contributed by atoms with Crippen LogP contribution in [0.5, 0.6) is 23.0 Å². The SMILES string of the molecule is CCCCCCCCCCCCCCCCCCCC(=O)Oc1cc(O)c(O)c(O)c1. The van der Waals surface area contributed by atoms with Crippen molar-refractivity contribution >= 4 is 5.97 Å². The molecular formula is C26H44O5. The number of unbranched alkanes of at least 4 members (excludes halogenated alkanes) is 16. The highest BCUT2D eigenvalue weighted by atomic mass is 16.5. The predicted octanol–water partition coefficient (Wildman–Crippen LogP) is 7.75. The van der Waals surface area contributed by atoms with E-state index in [1.807, 2.05) is 0 Å². The van der Waals surface area contributed by atoms with E-state index in [4.69, 9.17) is 4.74 Å². The molecule has 0 saturated heterocycles. The van der Waals surface area contributed by atoms with Gasteiger partial charge in [0.15, 0.2) is 11.5 Å². The number of carbonyl (C=O) groups excluding carboxylic acids is 1. The van der Waals surface area contributed by atoms with Gasteiger partial charge < -0.3 is 20.1 Å². The van der Waals surface area contributed by atoms with E-state index in [0.717, 1.165) is 31.4 Å². The van der Waals surface area contributed by atoms with Crippen LogP contribution in [-0.2, 0) is 4.79 Å². The van der Waals surface area contributed by atoms with E-state index in [2.05, 4.69) is 6.92 Å². The van der Waals surface area contributed by atoms with Crippen LogP contribution in [-0.4, -0.2) is 21.3 Å². The van der Waals surface area contributed by atoms with Crippen LogP contribution in [0, 0.1) is 0 Å². The Morgan fingerprint density at radius 1 is 0.645 bits per heavy atom. The number of esters is 1. The Morgan fingerprint density at radius 3 is 1.39 bits per heavy atom. The fourth-order valence-corrected chi connectivity index (χ4v) is 3.81. The lowest BCUT2D eigenvalue weighted by Crippen LogP contribution is -2.07. The molecule has 0 aromatic heterocycles. The first-order chi connectivity index (χ1) is 15.0. The van der Waals surface area contributed by atoms with Crippen LogP contribution in [0.2, 0.25) is 0 Å². The lowest BCUT2D eigenvalue weighted by Gasteiger charge is -2.07. The molecule has 0 bridgehead atoms. The fourth-order valence-electron chi connectivity index (χ4n) is 3.81. The third-order valence-corrected chi connectivity index (χ3v) is 5.76. The largest absolute Gasteiger partial charge is 0.504 e. The number of benzene rings is 1. The van der Waals surface area contributed by atoms with Crippen molar-refractivity contribution in [2.75, 3.05) is 0 Å². The minimum absolute atomic E-state index is 0.0322. The first-order valence-electron chi connectivity index (χ1n) is 12.5. The second-order valence-electron chi connectivity index (χ2n) is 8.69. The van der Waals surface area contributed by atoms with Gasteiger partial charge in [-0.15, -0.1) is 0 Å². The third kappa shape index (κ3) is 13.9.